The molecule has 1 saturated heterocycles. The van der Waals surface area contributed by atoms with Crippen LogP contribution in [-0.2, 0) is 16.9 Å². The summed E-state index contributed by atoms with van der Waals surface area (Å²) in [5.74, 6) is -5.14. The van der Waals surface area contributed by atoms with Gasteiger partial charge in [-0.15, -0.1) is 0 Å². The first kappa shape index (κ1) is 25.4. The molecule has 0 spiro atoms. The molecule has 8 nitrogen and oxygen atoms in total. The second-order valence-electron chi connectivity index (χ2n) is 8.82. The number of carbonyl (C=O) groups is 1. The van der Waals surface area contributed by atoms with Crippen molar-refractivity contribution in [3.8, 4) is 11.5 Å². The summed E-state index contributed by atoms with van der Waals surface area (Å²) in [5.41, 5.74) is 4.56. The number of nitrogens with one attached hydrogen (secondary N) is 1. The number of carbonyl (C=O) groups excluding carboxylic acids is 1. The van der Waals surface area contributed by atoms with Gasteiger partial charge in [-0.05, 0) is 42.8 Å². The average molecular weight is 502 g/mol. The minimum Gasteiger partial charge on any atom is -0.455 e. The summed E-state index contributed by atoms with van der Waals surface area (Å²) in [6, 6.07) is 9.25. The lowest BCUT2D eigenvalue weighted by atomic mass is 9.83. The van der Waals surface area contributed by atoms with E-state index in [0.717, 1.165) is 6.07 Å². The Morgan fingerprint density at radius 3 is 2.69 bits per heavy atom. The van der Waals surface area contributed by atoms with Crippen LogP contribution in [0.4, 0.5) is 13.2 Å². The van der Waals surface area contributed by atoms with Gasteiger partial charge in [0.25, 0.3) is 5.92 Å². The zero-order valence-electron chi connectivity index (χ0n) is 19.4. The monoisotopic (exact) mass is 502 g/mol. The fourth-order valence-corrected chi connectivity index (χ4v) is 4.37. The number of amides is 1. The van der Waals surface area contributed by atoms with E-state index in [9.17, 15) is 27.9 Å². The number of aliphatic hydroxyl groups is 1. The van der Waals surface area contributed by atoms with Gasteiger partial charge in [-0.3, -0.25) is 19.5 Å². The molecule has 36 heavy (non-hydrogen) atoms. The molecule has 4 rings (SSSR count). The third-order valence-electron chi connectivity index (χ3n) is 6.61. The highest BCUT2D eigenvalue weighted by molar-refractivity contribution is 5.85. The molecule has 0 aliphatic carbocycles. The molecular weight excluding hydrogens is 477 g/mol. The Bertz CT molecular complexity index is 1290. The van der Waals surface area contributed by atoms with Crippen LogP contribution in [0.15, 0.2) is 59.7 Å². The molecule has 1 amide bonds. The van der Waals surface area contributed by atoms with Crippen LogP contribution in [0.25, 0.3) is 0 Å². The van der Waals surface area contributed by atoms with Gasteiger partial charge in [-0.2, -0.15) is 0 Å². The Morgan fingerprint density at radius 2 is 2.08 bits per heavy atom. The molecule has 0 saturated carbocycles. The number of alkyl halides is 2. The Hall–Kier alpha value is -3.70. The van der Waals surface area contributed by atoms with Gasteiger partial charge in [0.15, 0.2) is 0 Å². The van der Waals surface area contributed by atoms with Gasteiger partial charge in [0.05, 0.1) is 24.4 Å². The first-order valence-electron chi connectivity index (χ1n) is 11.2. The maximum atomic E-state index is 14.9. The first-order valence-corrected chi connectivity index (χ1v) is 11.2. The number of H-pyrrole nitrogens is 1. The van der Waals surface area contributed by atoms with Crippen molar-refractivity contribution < 1.29 is 27.8 Å². The van der Waals surface area contributed by atoms with Gasteiger partial charge in [0, 0.05) is 37.3 Å². The van der Waals surface area contributed by atoms with Crippen LogP contribution in [0.3, 0.4) is 0 Å². The van der Waals surface area contributed by atoms with Gasteiger partial charge in [-0.1, -0.05) is 6.07 Å². The molecule has 4 N–H and O–H groups in total. The lowest BCUT2D eigenvalue weighted by Gasteiger charge is -2.46. The number of piperidine rings is 1. The van der Waals surface area contributed by atoms with Gasteiger partial charge in [0.1, 0.15) is 22.9 Å². The van der Waals surface area contributed by atoms with Crippen LogP contribution >= 0.6 is 0 Å². The summed E-state index contributed by atoms with van der Waals surface area (Å²) in [6.07, 6.45) is 2.07. The summed E-state index contributed by atoms with van der Waals surface area (Å²) < 4.78 is 48.8. The van der Waals surface area contributed by atoms with Crippen molar-refractivity contribution in [2.45, 2.75) is 37.3 Å². The van der Waals surface area contributed by atoms with Gasteiger partial charge in [-0.25, -0.2) is 13.2 Å². The predicted octanol–water partition coefficient (Wildman–Crippen LogP) is 3.02. The molecule has 1 aromatic carbocycles. The minimum absolute atomic E-state index is 0.109. The number of primary amides is 1. The number of hydrogen-bond acceptors (Lipinski definition) is 6. The zero-order valence-corrected chi connectivity index (χ0v) is 19.4. The molecule has 0 bridgehead atoms. The molecule has 0 radical (unpaired) electrons. The number of nitrogens with two attached hydrogens (primary N) is 1. The first-order chi connectivity index (χ1) is 17.0. The maximum absolute atomic E-state index is 14.9. The number of halogens is 3. The highest BCUT2D eigenvalue weighted by Gasteiger charge is 2.51. The zero-order chi connectivity index (χ0) is 26.1. The number of ether oxygens (including phenoxy) is 1. The third kappa shape index (κ3) is 4.84. The Kier molecular flexibility index (Phi) is 6.87. The summed E-state index contributed by atoms with van der Waals surface area (Å²) in [5, 5.41) is 9.44. The molecule has 1 aliphatic heterocycles. The third-order valence-corrected chi connectivity index (χ3v) is 6.61. The number of nitrogens with zero attached hydrogens (tertiary/aromatic N) is 2. The van der Waals surface area contributed by atoms with Crippen LogP contribution in [0.1, 0.15) is 36.1 Å². The molecular formula is C25H25F3N4O4. The van der Waals surface area contributed by atoms with E-state index < -0.39 is 47.7 Å². The van der Waals surface area contributed by atoms with E-state index in [1.807, 2.05) is 0 Å². The van der Waals surface area contributed by atoms with Gasteiger partial charge < -0.3 is 20.6 Å². The van der Waals surface area contributed by atoms with E-state index in [1.165, 1.54) is 55.7 Å². The highest BCUT2D eigenvalue weighted by atomic mass is 19.3. The van der Waals surface area contributed by atoms with Crippen LogP contribution in [0, 0.1) is 5.82 Å². The molecule has 3 aromatic rings. The van der Waals surface area contributed by atoms with Crippen molar-refractivity contribution >= 4 is 5.91 Å². The fourth-order valence-electron chi connectivity index (χ4n) is 4.37. The highest BCUT2D eigenvalue weighted by Crippen LogP contribution is 2.43. The van der Waals surface area contributed by atoms with Crippen LogP contribution in [-0.4, -0.2) is 44.9 Å². The number of likely N-dealkylation sites (tertiary alicyclic amines) is 1. The van der Waals surface area contributed by atoms with Crippen molar-refractivity contribution in [3.63, 3.8) is 0 Å². The van der Waals surface area contributed by atoms with E-state index in [2.05, 4.69) is 9.97 Å². The van der Waals surface area contributed by atoms with E-state index in [4.69, 9.17) is 10.5 Å². The lowest BCUT2D eigenvalue weighted by Crippen LogP contribution is -2.59. The molecule has 11 heteroatoms. The normalized spacial score (nSPS) is 19.4. The van der Waals surface area contributed by atoms with E-state index in [-0.39, 0.29) is 41.4 Å². The Balaban J connectivity index is 1.61. The summed E-state index contributed by atoms with van der Waals surface area (Å²) >= 11 is 0. The second-order valence-corrected chi connectivity index (χ2v) is 8.82. The molecule has 2 aromatic heterocycles. The fraction of sp³-hybridized carbons (Fsp3) is 0.320. The van der Waals surface area contributed by atoms with Crippen molar-refractivity contribution in [3.05, 3.63) is 87.9 Å². The minimum atomic E-state index is -3.06. The SMILES string of the molecule is CC(C(N)=O)(c1ccc(Oc2ccc(F)cc2CO)cn1)N1CCC(F)(F)C(c2ccc(=O)[nH]c2)C1. The Labute approximate surface area is 204 Å². The summed E-state index contributed by atoms with van der Waals surface area (Å²) in [4.78, 5) is 32.4. The van der Waals surface area contributed by atoms with Crippen LogP contribution in [0.2, 0.25) is 0 Å². The van der Waals surface area contributed by atoms with Crippen molar-refractivity contribution in [2.75, 3.05) is 13.1 Å². The molecule has 190 valence electrons. The molecule has 2 atom stereocenters. The molecule has 3 heterocycles. The maximum Gasteiger partial charge on any atom is 0.257 e. The number of benzene rings is 1. The second kappa shape index (κ2) is 9.75. The average Bonchev–Trinajstić information content (AvgIpc) is 2.85. The van der Waals surface area contributed by atoms with Crippen molar-refractivity contribution in [1.29, 1.82) is 0 Å². The largest absolute Gasteiger partial charge is 0.455 e. The number of aromatic nitrogens is 2. The smallest absolute Gasteiger partial charge is 0.257 e. The Morgan fingerprint density at radius 1 is 1.31 bits per heavy atom. The number of hydrogen-bond donors (Lipinski definition) is 3. The lowest BCUT2D eigenvalue weighted by molar-refractivity contribution is -0.139. The van der Waals surface area contributed by atoms with Crippen molar-refractivity contribution in [2.24, 2.45) is 5.73 Å². The van der Waals surface area contributed by atoms with E-state index in [0.29, 0.717) is 0 Å². The number of pyridine rings is 2. The van der Waals surface area contributed by atoms with Gasteiger partial charge >= 0.3 is 0 Å². The standard InChI is InChI=1S/C25H25F3N4O4/c1-24(23(29)35,32-9-8-25(27,28)19(13-32)15-2-7-22(34)31-11-15)21-6-4-18(12-30-21)36-20-5-3-17(26)10-16(20)14-33/h2-7,10-12,19,33H,8-9,13-14H2,1H3,(H2,29,35)(H,31,34). The topological polar surface area (TPSA) is 122 Å². The van der Waals surface area contributed by atoms with E-state index >= 15 is 0 Å². The number of aliphatic hydroxyl groups excluding tert-OH is 1. The van der Waals surface area contributed by atoms with Crippen LogP contribution in [0.5, 0.6) is 11.5 Å². The van der Waals surface area contributed by atoms with Crippen LogP contribution < -0.4 is 16.0 Å². The summed E-state index contributed by atoms with van der Waals surface area (Å²) in [6.45, 7) is 0.777. The predicted molar refractivity (Wildman–Crippen MR) is 124 cm³/mol. The molecule has 1 fully saturated rings. The quantitative estimate of drug-likeness (QED) is 0.457. The molecule has 2 unspecified atom stereocenters. The number of rotatable bonds is 7. The van der Waals surface area contributed by atoms with Crippen molar-refractivity contribution in [1.82, 2.24) is 14.9 Å². The van der Waals surface area contributed by atoms with Gasteiger partial charge in [0.2, 0.25) is 11.5 Å². The van der Waals surface area contributed by atoms with E-state index in [1.54, 1.807) is 4.90 Å². The summed E-state index contributed by atoms with van der Waals surface area (Å²) in [7, 11) is 0. The number of aromatic amines is 1. The molecule has 1 aliphatic rings.